The fourth-order valence-corrected chi connectivity index (χ4v) is 3.03. The first-order chi connectivity index (χ1) is 9.56. The zero-order chi connectivity index (χ0) is 15.8. The molecule has 0 spiro atoms. The lowest BCUT2D eigenvalue weighted by Gasteiger charge is -2.23. The normalized spacial score (nSPS) is 19.9. The van der Waals surface area contributed by atoms with E-state index >= 15 is 0 Å². The van der Waals surface area contributed by atoms with Gasteiger partial charge in [-0.2, -0.15) is 13.2 Å². The molecule has 1 fully saturated rings. The molecule has 0 bridgehead atoms. The second-order valence-electron chi connectivity index (χ2n) is 6.18. The van der Waals surface area contributed by atoms with Gasteiger partial charge in [-0.25, -0.2) is 4.98 Å². The van der Waals surface area contributed by atoms with Gasteiger partial charge in [0.25, 0.3) is 0 Å². The Morgan fingerprint density at radius 1 is 1.43 bits per heavy atom. The summed E-state index contributed by atoms with van der Waals surface area (Å²) in [6.07, 6.45) is -3.79. The number of hydrogen-bond donors (Lipinski definition) is 1. The highest BCUT2D eigenvalue weighted by Crippen LogP contribution is 2.34. The van der Waals surface area contributed by atoms with Gasteiger partial charge in [-0.15, -0.1) is 11.3 Å². The topological polar surface area (TPSA) is 45.2 Å². The Balaban J connectivity index is 1.99. The van der Waals surface area contributed by atoms with Crippen LogP contribution >= 0.6 is 11.3 Å². The Morgan fingerprint density at radius 3 is 2.62 bits per heavy atom. The predicted molar refractivity (Wildman–Crippen MR) is 75.3 cm³/mol. The zero-order valence-corrected chi connectivity index (χ0v) is 12.9. The third-order valence-corrected chi connectivity index (χ3v) is 4.01. The minimum Gasteiger partial charge on any atom is -0.351 e. The molecule has 2 heterocycles. The lowest BCUT2D eigenvalue weighted by atomic mass is 10.0. The van der Waals surface area contributed by atoms with Crippen molar-refractivity contribution in [2.24, 2.45) is 5.92 Å². The van der Waals surface area contributed by atoms with Gasteiger partial charge in [0.15, 0.2) is 10.8 Å². The molecule has 1 aliphatic heterocycles. The largest absolute Gasteiger partial charge is 0.434 e. The van der Waals surface area contributed by atoms with Gasteiger partial charge in [-0.05, 0) is 27.2 Å². The molecule has 118 valence electrons. The van der Waals surface area contributed by atoms with Crippen LogP contribution in [-0.2, 0) is 11.0 Å². The average molecular weight is 321 g/mol. The molecule has 0 saturated carbocycles. The van der Waals surface area contributed by atoms with E-state index in [4.69, 9.17) is 0 Å². The van der Waals surface area contributed by atoms with Crippen LogP contribution < -0.4 is 10.2 Å². The average Bonchev–Trinajstić information content (AvgIpc) is 2.95. The van der Waals surface area contributed by atoms with Gasteiger partial charge < -0.3 is 10.2 Å². The molecule has 1 N–H and O–H groups in total. The molecule has 1 aromatic rings. The quantitative estimate of drug-likeness (QED) is 0.911. The van der Waals surface area contributed by atoms with Crippen molar-refractivity contribution < 1.29 is 18.0 Å². The Hall–Kier alpha value is -1.31. The number of aromatic nitrogens is 1. The number of carbonyl (C=O) groups excluding carboxylic acids is 1. The number of hydrogen-bond acceptors (Lipinski definition) is 4. The monoisotopic (exact) mass is 321 g/mol. The number of halogens is 3. The third kappa shape index (κ3) is 4.09. The molecule has 2 rings (SSSR count). The summed E-state index contributed by atoms with van der Waals surface area (Å²) in [5.74, 6) is -0.264. The van der Waals surface area contributed by atoms with Crippen molar-refractivity contribution in [1.82, 2.24) is 10.3 Å². The lowest BCUT2D eigenvalue weighted by molar-refractivity contribution is -0.140. The minimum atomic E-state index is -4.42. The van der Waals surface area contributed by atoms with Crippen LogP contribution in [0.5, 0.6) is 0 Å². The van der Waals surface area contributed by atoms with Gasteiger partial charge in [0.2, 0.25) is 5.91 Å². The van der Waals surface area contributed by atoms with Crippen molar-refractivity contribution in [3.05, 3.63) is 11.1 Å². The maximum absolute atomic E-state index is 12.5. The van der Waals surface area contributed by atoms with Crippen molar-refractivity contribution in [3.8, 4) is 0 Å². The minimum absolute atomic E-state index is 0.0578. The smallest absolute Gasteiger partial charge is 0.351 e. The Bertz CT molecular complexity index is 521. The summed E-state index contributed by atoms with van der Waals surface area (Å²) in [6.45, 7) is 6.65. The molecule has 1 unspecified atom stereocenters. The van der Waals surface area contributed by atoms with Gasteiger partial charge >= 0.3 is 6.18 Å². The van der Waals surface area contributed by atoms with Gasteiger partial charge in [0.05, 0.1) is 5.92 Å². The van der Waals surface area contributed by atoms with E-state index in [1.54, 1.807) is 4.90 Å². The summed E-state index contributed by atoms with van der Waals surface area (Å²) < 4.78 is 37.6. The summed E-state index contributed by atoms with van der Waals surface area (Å²) in [7, 11) is 0. The molecule has 1 saturated heterocycles. The van der Waals surface area contributed by atoms with E-state index in [1.165, 1.54) is 0 Å². The highest BCUT2D eigenvalue weighted by atomic mass is 32.1. The summed E-state index contributed by atoms with van der Waals surface area (Å²) in [5, 5.41) is 4.24. The van der Waals surface area contributed by atoms with E-state index in [1.807, 2.05) is 20.8 Å². The van der Waals surface area contributed by atoms with Crippen LogP contribution in [0.1, 0.15) is 32.9 Å². The first kappa shape index (κ1) is 16.1. The van der Waals surface area contributed by atoms with E-state index in [2.05, 4.69) is 10.3 Å². The third-order valence-electron chi connectivity index (χ3n) is 3.11. The Labute approximate surface area is 125 Å². The SMILES string of the molecule is CC(C)(C)NC(=O)C1CCN(c2nc(C(F)(F)F)cs2)C1. The van der Waals surface area contributed by atoms with Crippen LogP contribution in [0.25, 0.3) is 0 Å². The molecule has 8 heteroatoms. The predicted octanol–water partition coefficient (Wildman–Crippen LogP) is 2.90. The van der Waals surface area contributed by atoms with E-state index in [9.17, 15) is 18.0 Å². The molecule has 1 atom stereocenters. The van der Waals surface area contributed by atoms with Crippen LogP contribution in [0, 0.1) is 5.92 Å². The second kappa shape index (κ2) is 5.47. The van der Waals surface area contributed by atoms with Gasteiger partial charge in [0, 0.05) is 24.0 Å². The number of anilines is 1. The Kier molecular flexibility index (Phi) is 4.19. The first-order valence-electron chi connectivity index (χ1n) is 6.66. The molecule has 1 aliphatic rings. The van der Waals surface area contributed by atoms with Crippen LogP contribution in [-0.4, -0.2) is 29.5 Å². The van der Waals surface area contributed by atoms with Crippen molar-refractivity contribution in [2.75, 3.05) is 18.0 Å². The molecule has 0 aliphatic carbocycles. The van der Waals surface area contributed by atoms with E-state index < -0.39 is 11.9 Å². The fourth-order valence-electron chi connectivity index (χ4n) is 2.16. The number of amides is 1. The fraction of sp³-hybridized carbons (Fsp3) is 0.692. The summed E-state index contributed by atoms with van der Waals surface area (Å²) in [6, 6.07) is 0. The molecule has 21 heavy (non-hydrogen) atoms. The number of alkyl halides is 3. The van der Waals surface area contributed by atoms with Crippen LogP contribution in [0.15, 0.2) is 5.38 Å². The molecular formula is C13H18F3N3OS. The van der Waals surface area contributed by atoms with Crippen LogP contribution in [0.2, 0.25) is 0 Å². The molecular weight excluding hydrogens is 303 g/mol. The van der Waals surface area contributed by atoms with E-state index in [0.29, 0.717) is 24.6 Å². The highest BCUT2D eigenvalue weighted by molar-refractivity contribution is 7.13. The molecule has 0 aromatic carbocycles. The lowest BCUT2D eigenvalue weighted by Crippen LogP contribution is -2.44. The molecule has 4 nitrogen and oxygen atoms in total. The number of carbonyl (C=O) groups is 1. The maximum atomic E-state index is 12.5. The van der Waals surface area contributed by atoms with Gasteiger partial charge in [0.1, 0.15) is 0 Å². The van der Waals surface area contributed by atoms with Crippen molar-refractivity contribution >= 4 is 22.4 Å². The van der Waals surface area contributed by atoms with Gasteiger partial charge in [-0.1, -0.05) is 0 Å². The van der Waals surface area contributed by atoms with Crippen LogP contribution in [0.4, 0.5) is 18.3 Å². The summed E-state index contributed by atoms with van der Waals surface area (Å²) in [5.41, 5.74) is -1.18. The number of nitrogens with zero attached hydrogens (tertiary/aromatic N) is 2. The van der Waals surface area contributed by atoms with E-state index in [0.717, 1.165) is 16.7 Å². The van der Waals surface area contributed by atoms with Crippen molar-refractivity contribution in [2.45, 2.75) is 38.9 Å². The summed E-state index contributed by atoms with van der Waals surface area (Å²) in [4.78, 5) is 17.4. The maximum Gasteiger partial charge on any atom is 0.434 e. The standard InChI is InChI=1S/C13H18F3N3OS/c1-12(2,3)18-10(20)8-4-5-19(6-8)11-17-9(7-21-11)13(14,15)16/h7-8H,4-6H2,1-3H3,(H,18,20). The van der Waals surface area contributed by atoms with Gasteiger partial charge in [-0.3, -0.25) is 4.79 Å². The molecule has 1 aromatic heterocycles. The van der Waals surface area contributed by atoms with Crippen LogP contribution in [0.3, 0.4) is 0 Å². The Morgan fingerprint density at radius 2 is 2.10 bits per heavy atom. The van der Waals surface area contributed by atoms with E-state index in [-0.39, 0.29) is 17.4 Å². The second-order valence-corrected chi connectivity index (χ2v) is 7.02. The highest BCUT2D eigenvalue weighted by Gasteiger charge is 2.36. The first-order valence-corrected chi connectivity index (χ1v) is 7.54. The number of rotatable bonds is 2. The van der Waals surface area contributed by atoms with Crippen molar-refractivity contribution in [3.63, 3.8) is 0 Å². The summed E-state index contributed by atoms with van der Waals surface area (Å²) >= 11 is 0.964. The number of thiazole rings is 1. The number of nitrogens with one attached hydrogen (secondary N) is 1. The zero-order valence-electron chi connectivity index (χ0n) is 12.1. The molecule has 1 amide bonds. The van der Waals surface area contributed by atoms with Crippen molar-refractivity contribution in [1.29, 1.82) is 0 Å². The molecule has 0 radical (unpaired) electrons.